The molecular formula is C22H22Cl2N2OS. The molecule has 0 atom stereocenters. The van der Waals surface area contributed by atoms with E-state index in [2.05, 4.69) is 29.3 Å². The third kappa shape index (κ3) is 5.51. The molecule has 0 aliphatic carbocycles. The van der Waals surface area contributed by atoms with Crippen molar-refractivity contribution in [2.45, 2.75) is 26.8 Å². The molecule has 0 radical (unpaired) electrons. The van der Waals surface area contributed by atoms with Crippen molar-refractivity contribution in [3.63, 3.8) is 0 Å². The van der Waals surface area contributed by atoms with Crippen LogP contribution in [0.3, 0.4) is 0 Å². The number of carbonyl (C=O) groups excluding carboxylic acids is 1. The molecule has 0 unspecified atom stereocenters. The third-order valence-electron chi connectivity index (χ3n) is 4.48. The van der Waals surface area contributed by atoms with Gasteiger partial charge in [0.15, 0.2) is 0 Å². The summed E-state index contributed by atoms with van der Waals surface area (Å²) in [6.45, 7) is 5.84. The zero-order chi connectivity index (χ0) is 20.1. The molecule has 0 spiro atoms. The molecule has 1 N–H and O–H groups in total. The molecule has 0 fully saturated rings. The van der Waals surface area contributed by atoms with Crippen LogP contribution in [0.25, 0.3) is 0 Å². The van der Waals surface area contributed by atoms with Gasteiger partial charge >= 0.3 is 0 Å². The van der Waals surface area contributed by atoms with E-state index in [1.165, 1.54) is 4.88 Å². The van der Waals surface area contributed by atoms with Gasteiger partial charge in [0.2, 0.25) is 5.91 Å². The number of benzene rings is 2. The largest absolute Gasteiger partial charge is 0.367 e. The van der Waals surface area contributed by atoms with Crippen LogP contribution in [-0.4, -0.2) is 12.5 Å². The molecule has 3 aromatic rings. The van der Waals surface area contributed by atoms with Crippen LogP contribution in [0.15, 0.2) is 54.6 Å². The topological polar surface area (TPSA) is 32.3 Å². The number of hydrogen-bond donors (Lipinski definition) is 1. The Kier molecular flexibility index (Phi) is 7.00. The summed E-state index contributed by atoms with van der Waals surface area (Å²) < 4.78 is 0.806. The van der Waals surface area contributed by atoms with E-state index in [0.717, 1.165) is 39.9 Å². The summed E-state index contributed by atoms with van der Waals surface area (Å²) in [4.78, 5) is 15.9. The second-order valence-corrected chi connectivity index (χ2v) is 8.81. The van der Waals surface area contributed by atoms with E-state index in [0.29, 0.717) is 11.4 Å². The predicted octanol–water partition coefficient (Wildman–Crippen LogP) is 6.57. The summed E-state index contributed by atoms with van der Waals surface area (Å²) in [5, 5.41) is 3.67. The van der Waals surface area contributed by atoms with Gasteiger partial charge in [0.1, 0.15) is 0 Å². The average molecular weight is 433 g/mol. The lowest BCUT2D eigenvalue weighted by molar-refractivity contribution is -0.115. The Hall–Kier alpha value is -2.01. The fourth-order valence-corrected chi connectivity index (χ4v) is 4.21. The van der Waals surface area contributed by atoms with Gasteiger partial charge in [-0.1, -0.05) is 35.3 Å². The summed E-state index contributed by atoms with van der Waals surface area (Å²) in [5.41, 5.74) is 3.92. The number of hydrogen-bond acceptors (Lipinski definition) is 3. The van der Waals surface area contributed by atoms with Gasteiger partial charge in [-0.25, -0.2) is 0 Å². The molecule has 1 amide bonds. The number of halogens is 2. The van der Waals surface area contributed by atoms with Crippen molar-refractivity contribution in [2.75, 3.05) is 16.8 Å². The van der Waals surface area contributed by atoms with Gasteiger partial charge in [-0.3, -0.25) is 4.79 Å². The Morgan fingerprint density at radius 2 is 1.82 bits per heavy atom. The molecule has 1 heterocycles. The number of aryl methyl sites for hydroxylation is 1. The number of anilines is 2. The van der Waals surface area contributed by atoms with Gasteiger partial charge < -0.3 is 10.2 Å². The van der Waals surface area contributed by atoms with Gasteiger partial charge in [-0.15, -0.1) is 11.3 Å². The van der Waals surface area contributed by atoms with Crippen LogP contribution in [0.5, 0.6) is 0 Å². The van der Waals surface area contributed by atoms with Crippen molar-refractivity contribution in [3.05, 3.63) is 80.0 Å². The van der Waals surface area contributed by atoms with E-state index < -0.39 is 0 Å². The van der Waals surface area contributed by atoms with E-state index in [1.54, 1.807) is 23.5 Å². The zero-order valence-electron chi connectivity index (χ0n) is 15.8. The summed E-state index contributed by atoms with van der Waals surface area (Å²) in [6, 6.07) is 17.4. The highest BCUT2D eigenvalue weighted by Gasteiger charge is 2.11. The molecule has 0 saturated carbocycles. The van der Waals surface area contributed by atoms with Crippen molar-refractivity contribution >= 4 is 51.8 Å². The number of amides is 1. The molecule has 28 heavy (non-hydrogen) atoms. The molecular weight excluding hydrogens is 411 g/mol. The van der Waals surface area contributed by atoms with Crippen molar-refractivity contribution in [1.29, 1.82) is 0 Å². The minimum atomic E-state index is -0.0428. The standard InChI is InChI=1S/C22H22Cl2N2OS/c1-3-26(14-19-9-11-21(24)28-19)18-8-10-20(15(2)12-18)25-22(27)13-16-4-6-17(23)7-5-16/h4-12H,3,13-14H2,1-2H3,(H,25,27). The van der Waals surface area contributed by atoms with E-state index in [9.17, 15) is 4.79 Å². The fraction of sp³-hybridized carbons (Fsp3) is 0.227. The Morgan fingerprint density at radius 1 is 1.07 bits per heavy atom. The first-order valence-electron chi connectivity index (χ1n) is 9.08. The van der Waals surface area contributed by atoms with E-state index in [-0.39, 0.29) is 5.91 Å². The Morgan fingerprint density at radius 3 is 2.43 bits per heavy atom. The van der Waals surface area contributed by atoms with Crippen LogP contribution < -0.4 is 10.2 Å². The molecule has 2 aromatic carbocycles. The molecule has 0 aliphatic rings. The lowest BCUT2D eigenvalue weighted by Gasteiger charge is -2.23. The predicted molar refractivity (Wildman–Crippen MR) is 121 cm³/mol. The van der Waals surface area contributed by atoms with Crippen molar-refractivity contribution in [1.82, 2.24) is 0 Å². The first kappa shape index (κ1) is 20.7. The first-order valence-corrected chi connectivity index (χ1v) is 10.7. The van der Waals surface area contributed by atoms with Crippen LogP contribution in [0.1, 0.15) is 22.9 Å². The summed E-state index contributed by atoms with van der Waals surface area (Å²) in [7, 11) is 0. The van der Waals surface area contributed by atoms with Gasteiger partial charge in [0.25, 0.3) is 0 Å². The normalized spacial score (nSPS) is 10.7. The second-order valence-electron chi connectivity index (χ2n) is 6.57. The molecule has 6 heteroatoms. The fourth-order valence-electron chi connectivity index (χ4n) is 2.98. The lowest BCUT2D eigenvalue weighted by atomic mass is 10.1. The van der Waals surface area contributed by atoms with Crippen LogP contribution in [-0.2, 0) is 17.8 Å². The molecule has 3 nitrogen and oxygen atoms in total. The van der Waals surface area contributed by atoms with E-state index >= 15 is 0 Å². The maximum absolute atomic E-state index is 12.4. The third-order valence-corrected chi connectivity index (χ3v) is 5.95. The van der Waals surface area contributed by atoms with E-state index in [1.807, 2.05) is 37.3 Å². The maximum atomic E-state index is 12.4. The minimum absolute atomic E-state index is 0.0428. The second kappa shape index (κ2) is 9.46. The van der Waals surface area contributed by atoms with E-state index in [4.69, 9.17) is 23.2 Å². The number of carbonyl (C=O) groups is 1. The molecule has 0 aliphatic heterocycles. The minimum Gasteiger partial charge on any atom is -0.367 e. The Balaban J connectivity index is 1.66. The van der Waals surface area contributed by atoms with Gasteiger partial charge in [0.05, 0.1) is 17.3 Å². The Bertz CT molecular complexity index is 953. The van der Waals surface area contributed by atoms with Gasteiger partial charge in [0, 0.05) is 27.8 Å². The highest BCUT2D eigenvalue weighted by molar-refractivity contribution is 7.16. The van der Waals surface area contributed by atoms with Crippen LogP contribution in [0.2, 0.25) is 9.36 Å². The first-order chi connectivity index (χ1) is 13.4. The van der Waals surface area contributed by atoms with Gasteiger partial charge in [-0.05, 0) is 67.4 Å². The maximum Gasteiger partial charge on any atom is 0.228 e. The number of thiophene rings is 1. The van der Waals surface area contributed by atoms with Crippen LogP contribution in [0.4, 0.5) is 11.4 Å². The molecule has 0 bridgehead atoms. The van der Waals surface area contributed by atoms with Crippen molar-refractivity contribution in [2.24, 2.45) is 0 Å². The van der Waals surface area contributed by atoms with Gasteiger partial charge in [-0.2, -0.15) is 0 Å². The summed E-state index contributed by atoms with van der Waals surface area (Å²) in [5.74, 6) is -0.0428. The summed E-state index contributed by atoms with van der Waals surface area (Å²) >= 11 is 13.5. The zero-order valence-corrected chi connectivity index (χ0v) is 18.2. The molecule has 146 valence electrons. The molecule has 0 saturated heterocycles. The number of rotatable bonds is 7. The SMILES string of the molecule is CCN(Cc1ccc(Cl)s1)c1ccc(NC(=O)Cc2ccc(Cl)cc2)c(C)c1. The van der Waals surface area contributed by atoms with Crippen LogP contribution in [0, 0.1) is 6.92 Å². The monoisotopic (exact) mass is 432 g/mol. The quantitative estimate of drug-likeness (QED) is 0.457. The smallest absolute Gasteiger partial charge is 0.228 e. The van der Waals surface area contributed by atoms with Crippen molar-refractivity contribution < 1.29 is 4.79 Å². The molecule has 1 aromatic heterocycles. The van der Waals surface area contributed by atoms with Crippen LogP contribution >= 0.6 is 34.5 Å². The average Bonchev–Trinajstić information content (AvgIpc) is 3.08. The highest BCUT2D eigenvalue weighted by Crippen LogP contribution is 2.27. The van der Waals surface area contributed by atoms with Crippen molar-refractivity contribution in [3.8, 4) is 0 Å². The Labute approximate surface area is 179 Å². The number of nitrogens with zero attached hydrogens (tertiary/aromatic N) is 1. The molecule has 3 rings (SSSR count). The summed E-state index contributed by atoms with van der Waals surface area (Å²) in [6.07, 6.45) is 0.318. The lowest BCUT2D eigenvalue weighted by Crippen LogP contribution is -2.21. The highest BCUT2D eigenvalue weighted by atomic mass is 35.5. The number of nitrogens with one attached hydrogen (secondary N) is 1.